The summed E-state index contributed by atoms with van der Waals surface area (Å²) in [6.07, 6.45) is 5.49. The highest BCUT2D eigenvalue weighted by Gasteiger charge is 2.31. The molecule has 1 aliphatic carbocycles. The Morgan fingerprint density at radius 2 is 1.86 bits per heavy atom. The predicted octanol–water partition coefficient (Wildman–Crippen LogP) is 2.32. The van der Waals surface area contributed by atoms with E-state index in [1.165, 1.54) is 12.8 Å². The fourth-order valence-electron chi connectivity index (χ4n) is 2.38. The fourth-order valence-corrected chi connectivity index (χ4v) is 2.38. The molecule has 1 unspecified atom stereocenters. The Morgan fingerprint density at radius 3 is 2.29 bits per heavy atom. The first-order chi connectivity index (χ1) is 6.57. The van der Waals surface area contributed by atoms with E-state index >= 15 is 0 Å². The van der Waals surface area contributed by atoms with Gasteiger partial charge in [0.15, 0.2) is 0 Å². The van der Waals surface area contributed by atoms with Crippen molar-refractivity contribution in [3.05, 3.63) is 0 Å². The summed E-state index contributed by atoms with van der Waals surface area (Å²) in [7, 11) is 0. The molecule has 0 bridgehead atoms. The highest BCUT2D eigenvalue weighted by Crippen LogP contribution is 2.28. The molecule has 1 rings (SSSR count). The Labute approximate surface area is 88.1 Å². The third-order valence-corrected chi connectivity index (χ3v) is 3.47. The van der Waals surface area contributed by atoms with Gasteiger partial charge in [0.2, 0.25) is 0 Å². The summed E-state index contributed by atoms with van der Waals surface area (Å²) in [5, 5.41) is 13.7. The lowest BCUT2D eigenvalue weighted by Gasteiger charge is -2.28. The van der Waals surface area contributed by atoms with E-state index in [0.29, 0.717) is 12.0 Å². The molecule has 2 heteroatoms. The highest BCUT2D eigenvalue weighted by atomic mass is 16.3. The summed E-state index contributed by atoms with van der Waals surface area (Å²) in [4.78, 5) is 0. The van der Waals surface area contributed by atoms with Crippen LogP contribution in [0.25, 0.3) is 0 Å². The minimum atomic E-state index is -0.400. The van der Waals surface area contributed by atoms with Crippen LogP contribution in [0.15, 0.2) is 0 Å². The second-order valence-electron chi connectivity index (χ2n) is 5.07. The van der Waals surface area contributed by atoms with E-state index in [0.717, 1.165) is 25.8 Å². The van der Waals surface area contributed by atoms with Crippen LogP contribution < -0.4 is 5.32 Å². The molecule has 0 amide bonds. The fraction of sp³-hybridized carbons (Fsp3) is 1.00. The molecule has 0 aromatic carbocycles. The Bertz CT molecular complexity index is 162. The average Bonchev–Trinajstić information content (AvgIpc) is 2.53. The molecule has 84 valence electrons. The lowest BCUT2D eigenvalue weighted by Crippen LogP contribution is -2.44. The van der Waals surface area contributed by atoms with E-state index in [1.807, 2.05) is 0 Å². The molecule has 1 atom stereocenters. The van der Waals surface area contributed by atoms with E-state index in [2.05, 4.69) is 26.1 Å². The minimum absolute atomic E-state index is 0.400. The summed E-state index contributed by atoms with van der Waals surface area (Å²) in [5.41, 5.74) is -0.400. The van der Waals surface area contributed by atoms with Gasteiger partial charge in [-0.15, -0.1) is 0 Å². The molecular formula is C12H25NO. The van der Waals surface area contributed by atoms with Crippen LogP contribution in [-0.4, -0.2) is 23.3 Å². The Balaban J connectivity index is 2.30. The first-order valence-corrected chi connectivity index (χ1v) is 6.03. The highest BCUT2D eigenvalue weighted by molar-refractivity contribution is 4.87. The largest absolute Gasteiger partial charge is 0.389 e. The lowest BCUT2D eigenvalue weighted by molar-refractivity contribution is 0.0430. The number of nitrogens with one attached hydrogen (secondary N) is 1. The second-order valence-corrected chi connectivity index (χ2v) is 5.07. The van der Waals surface area contributed by atoms with Crippen molar-refractivity contribution in [3.8, 4) is 0 Å². The van der Waals surface area contributed by atoms with Crippen LogP contribution >= 0.6 is 0 Å². The number of hydrogen-bond acceptors (Lipinski definition) is 2. The van der Waals surface area contributed by atoms with E-state index < -0.39 is 5.60 Å². The topological polar surface area (TPSA) is 32.3 Å². The van der Waals surface area contributed by atoms with E-state index in [1.54, 1.807) is 0 Å². The lowest BCUT2D eigenvalue weighted by atomic mass is 9.98. The molecule has 0 heterocycles. The van der Waals surface area contributed by atoms with Crippen LogP contribution in [0.1, 0.15) is 52.9 Å². The van der Waals surface area contributed by atoms with Crippen LogP contribution in [0.5, 0.6) is 0 Å². The maximum Gasteiger partial charge on any atom is 0.0771 e. The molecule has 0 saturated heterocycles. The van der Waals surface area contributed by atoms with Gasteiger partial charge >= 0.3 is 0 Å². The molecular weight excluding hydrogens is 174 g/mol. The van der Waals surface area contributed by atoms with Gasteiger partial charge in [0.05, 0.1) is 5.60 Å². The number of aliphatic hydroxyl groups is 1. The van der Waals surface area contributed by atoms with Crippen molar-refractivity contribution in [2.75, 3.05) is 6.54 Å². The van der Waals surface area contributed by atoms with Crippen LogP contribution in [0.3, 0.4) is 0 Å². The standard InChI is InChI=1S/C12H25NO/c1-4-11(10(2)3)13-9-12(14)7-5-6-8-12/h10-11,13-14H,4-9H2,1-3H3. The van der Waals surface area contributed by atoms with E-state index in [4.69, 9.17) is 0 Å². The van der Waals surface area contributed by atoms with Crippen LogP contribution in [0.4, 0.5) is 0 Å². The van der Waals surface area contributed by atoms with Crippen molar-refractivity contribution in [2.24, 2.45) is 5.92 Å². The maximum atomic E-state index is 10.2. The molecule has 0 spiro atoms. The number of rotatable bonds is 5. The monoisotopic (exact) mass is 199 g/mol. The summed E-state index contributed by atoms with van der Waals surface area (Å²) in [5.74, 6) is 0.657. The average molecular weight is 199 g/mol. The van der Waals surface area contributed by atoms with E-state index in [9.17, 15) is 5.11 Å². The number of hydrogen-bond donors (Lipinski definition) is 2. The molecule has 14 heavy (non-hydrogen) atoms. The van der Waals surface area contributed by atoms with Crippen LogP contribution in [0.2, 0.25) is 0 Å². The van der Waals surface area contributed by atoms with Gasteiger partial charge in [0.25, 0.3) is 0 Å². The van der Waals surface area contributed by atoms with Gasteiger partial charge in [-0.05, 0) is 25.2 Å². The first kappa shape index (κ1) is 12.0. The molecule has 1 saturated carbocycles. The van der Waals surface area contributed by atoms with Gasteiger partial charge in [0, 0.05) is 12.6 Å². The minimum Gasteiger partial charge on any atom is -0.389 e. The summed E-state index contributed by atoms with van der Waals surface area (Å²) in [6.45, 7) is 7.46. The molecule has 0 aliphatic heterocycles. The maximum absolute atomic E-state index is 10.2. The van der Waals surface area contributed by atoms with Gasteiger partial charge in [-0.1, -0.05) is 33.6 Å². The quantitative estimate of drug-likeness (QED) is 0.712. The smallest absolute Gasteiger partial charge is 0.0771 e. The summed E-state index contributed by atoms with van der Waals surface area (Å²) >= 11 is 0. The zero-order chi connectivity index (χ0) is 10.6. The molecule has 0 aromatic heterocycles. The third kappa shape index (κ3) is 3.25. The molecule has 0 radical (unpaired) electrons. The van der Waals surface area contributed by atoms with Crippen LogP contribution in [-0.2, 0) is 0 Å². The summed E-state index contributed by atoms with van der Waals surface area (Å²) < 4.78 is 0. The van der Waals surface area contributed by atoms with Crippen molar-refractivity contribution in [1.82, 2.24) is 5.32 Å². The van der Waals surface area contributed by atoms with Gasteiger partial charge in [-0.25, -0.2) is 0 Å². The Hall–Kier alpha value is -0.0800. The SMILES string of the molecule is CCC(NCC1(O)CCCC1)C(C)C. The van der Waals surface area contributed by atoms with Crippen molar-refractivity contribution in [3.63, 3.8) is 0 Å². The van der Waals surface area contributed by atoms with Gasteiger partial charge in [-0.3, -0.25) is 0 Å². The third-order valence-electron chi connectivity index (χ3n) is 3.47. The first-order valence-electron chi connectivity index (χ1n) is 6.03. The molecule has 1 fully saturated rings. The van der Waals surface area contributed by atoms with Crippen LogP contribution in [0, 0.1) is 5.92 Å². The van der Waals surface area contributed by atoms with Gasteiger partial charge in [-0.2, -0.15) is 0 Å². The molecule has 1 aliphatic rings. The van der Waals surface area contributed by atoms with E-state index in [-0.39, 0.29) is 0 Å². The van der Waals surface area contributed by atoms with Crippen molar-refractivity contribution < 1.29 is 5.11 Å². The zero-order valence-electron chi connectivity index (χ0n) is 9.84. The van der Waals surface area contributed by atoms with Crippen molar-refractivity contribution >= 4 is 0 Å². The molecule has 2 nitrogen and oxygen atoms in total. The summed E-state index contributed by atoms with van der Waals surface area (Å²) in [6, 6.07) is 0.555. The Morgan fingerprint density at radius 1 is 1.29 bits per heavy atom. The van der Waals surface area contributed by atoms with Crippen molar-refractivity contribution in [2.45, 2.75) is 64.5 Å². The normalized spacial score (nSPS) is 22.9. The second kappa shape index (κ2) is 5.13. The zero-order valence-corrected chi connectivity index (χ0v) is 9.84. The predicted molar refractivity (Wildman–Crippen MR) is 60.3 cm³/mol. The molecule has 0 aromatic rings. The van der Waals surface area contributed by atoms with Crippen molar-refractivity contribution in [1.29, 1.82) is 0 Å². The molecule has 2 N–H and O–H groups in total. The van der Waals surface area contributed by atoms with Gasteiger partial charge in [0.1, 0.15) is 0 Å². The van der Waals surface area contributed by atoms with Gasteiger partial charge < -0.3 is 10.4 Å². The Kier molecular flexibility index (Phi) is 4.39.